The normalized spacial score (nSPS) is 12.0. The molecule has 0 aliphatic rings. The minimum Gasteiger partial charge on any atom is -0.444 e. The Morgan fingerprint density at radius 1 is 1.21 bits per heavy atom. The first-order valence-corrected chi connectivity index (χ1v) is 9.21. The van der Waals surface area contributed by atoms with Crippen LogP contribution >= 0.6 is 0 Å². The van der Waals surface area contributed by atoms with Crippen LogP contribution in [0.2, 0.25) is 0 Å². The predicted octanol–water partition coefficient (Wildman–Crippen LogP) is 2.50. The Hall–Kier alpha value is -1.64. The molecule has 0 aliphatic carbocycles. The molecule has 0 saturated heterocycles. The van der Waals surface area contributed by atoms with Gasteiger partial charge in [0.05, 0.1) is 19.4 Å². The molecule has 24 heavy (non-hydrogen) atoms. The second-order valence-electron chi connectivity index (χ2n) is 6.38. The number of carbonyl (C=O) groups is 1. The molecule has 0 atom stereocenters. The van der Waals surface area contributed by atoms with E-state index in [0.29, 0.717) is 6.61 Å². The van der Waals surface area contributed by atoms with E-state index in [1.54, 1.807) is 27.9 Å². The third-order valence-corrected chi connectivity index (χ3v) is 3.28. The van der Waals surface area contributed by atoms with Crippen LogP contribution in [-0.4, -0.2) is 45.1 Å². The SMILES string of the molecule is COCc1cccc(CN(COS(C)(=O)=O)C(=O)OC(C)(C)C)c1. The van der Waals surface area contributed by atoms with E-state index >= 15 is 0 Å². The zero-order valence-electron chi connectivity index (χ0n) is 14.7. The molecule has 136 valence electrons. The zero-order valence-corrected chi connectivity index (χ0v) is 15.6. The lowest BCUT2D eigenvalue weighted by molar-refractivity contribution is 0.00872. The van der Waals surface area contributed by atoms with E-state index in [-0.39, 0.29) is 6.54 Å². The van der Waals surface area contributed by atoms with Gasteiger partial charge in [-0.3, -0.25) is 4.90 Å². The van der Waals surface area contributed by atoms with Gasteiger partial charge in [0.15, 0.2) is 0 Å². The molecule has 0 aromatic heterocycles. The number of hydrogen-bond acceptors (Lipinski definition) is 6. The highest BCUT2D eigenvalue weighted by Gasteiger charge is 2.23. The van der Waals surface area contributed by atoms with E-state index in [1.165, 1.54) is 4.90 Å². The van der Waals surface area contributed by atoms with Gasteiger partial charge < -0.3 is 9.47 Å². The van der Waals surface area contributed by atoms with E-state index in [2.05, 4.69) is 0 Å². The summed E-state index contributed by atoms with van der Waals surface area (Å²) < 4.78 is 37.6. The van der Waals surface area contributed by atoms with Crippen molar-refractivity contribution >= 4 is 16.2 Å². The molecule has 0 saturated carbocycles. The number of ether oxygens (including phenoxy) is 2. The maximum Gasteiger partial charge on any atom is 0.412 e. The second kappa shape index (κ2) is 8.46. The van der Waals surface area contributed by atoms with Crippen molar-refractivity contribution in [3.63, 3.8) is 0 Å². The lowest BCUT2D eigenvalue weighted by Crippen LogP contribution is -2.38. The first-order chi connectivity index (χ1) is 11.0. The molecular formula is C16H25NO6S. The van der Waals surface area contributed by atoms with Crippen molar-refractivity contribution < 1.29 is 26.9 Å². The molecule has 7 nitrogen and oxygen atoms in total. The summed E-state index contributed by atoms with van der Waals surface area (Å²) >= 11 is 0. The van der Waals surface area contributed by atoms with Crippen LogP contribution < -0.4 is 0 Å². The molecule has 8 heteroatoms. The lowest BCUT2D eigenvalue weighted by Gasteiger charge is -2.27. The molecule has 0 fully saturated rings. The minimum atomic E-state index is -3.67. The lowest BCUT2D eigenvalue weighted by atomic mass is 10.1. The van der Waals surface area contributed by atoms with Crippen LogP contribution in [0.5, 0.6) is 0 Å². The van der Waals surface area contributed by atoms with Gasteiger partial charge in [0.2, 0.25) is 0 Å². The van der Waals surface area contributed by atoms with Gasteiger partial charge in [-0.1, -0.05) is 24.3 Å². The van der Waals surface area contributed by atoms with E-state index in [9.17, 15) is 13.2 Å². The van der Waals surface area contributed by atoms with Crippen molar-refractivity contribution in [2.24, 2.45) is 0 Å². The summed E-state index contributed by atoms with van der Waals surface area (Å²) in [6, 6.07) is 7.45. The smallest absolute Gasteiger partial charge is 0.412 e. The fourth-order valence-corrected chi connectivity index (χ4v) is 2.17. The molecule has 0 radical (unpaired) electrons. The van der Waals surface area contributed by atoms with Crippen molar-refractivity contribution in [2.75, 3.05) is 20.1 Å². The zero-order chi connectivity index (χ0) is 18.4. The molecule has 1 amide bonds. The first-order valence-electron chi connectivity index (χ1n) is 7.39. The molecule has 0 N–H and O–H groups in total. The van der Waals surface area contributed by atoms with E-state index in [0.717, 1.165) is 17.4 Å². The molecule has 1 aromatic carbocycles. The van der Waals surface area contributed by atoms with Crippen molar-refractivity contribution in [3.8, 4) is 0 Å². The highest BCUT2D eigenvalue weighted by atomic mass is 32.2. The molecular weight excluding hydrogens is 334 g/mol. The third kappa shape index (κ3) is 8.28. The topological polar surface area (TPSA) is 82.1 Å². The van der Waals surface area contributed by atoms with Gasteiger partial charge in [-0.2, -0.15) is 8.42 Å². The standard InChI is InChI=1S/C16H25NO6S/c1-16(2,3)23-15(18)17(12-22-24(5,19)20)10-13-7-6-8-14(9-13)11-21-4/h6-9H,10-12H2,1-5H3. The minimum absolute atomic E-state index is 0.155. The Kier molecular flexibility index (Phi) is 7.19. The summed E-state index contributed by atoms with van der Waals surface area (Å²) in [7, 11) is -2.08. The second-order valence-corrected chi connectivity index (χ2v) is 8.03. The van der Waals surface area contributed by atoms with Crippen molar-refractivity contribution in [3.05, 3.63) is 35.4 Å². The third-order valence-electron chi connectivity index (χ3n) is 2.75. The maximum absolute atomic E-state index is 12.3. The summed E-state index contributed by atoms with van der Waals surface area (Å²) in [6.07, 6.45) is 0.280. The molecule has 0 unspecified atom stereocenters. The highest BCUT2D eigenvalue weighted by Crippen LogP contribution is 2.14. The molecule has 1 rings (SSSR count). The number of rotatable bonds is 7. The van der Waals surface area contributed by atoms with Crippen LogP contribution in [-0.2, 0) is 36.9 Å². The van der Waals surface area contributed by atoms with Crippen LogP contribution in [0, 0.1) is 0 Å². The van der Waals surface area contributed by atoms with E-state index < -0.39 is 28.5 Å². The molecule has 1 aromatic rings. The van der Waals surface area contributed by atoms with Crippen molar-refractivity contribution in [1.29, 1.82) is 0 Å². The Bertz CT molecular complexity index is 651. The van der Waals surface area contributed by atoms with Crippen LogP contribution in [0.25, 0.3) is 0 Å². The maximum atomic E-state index is 12.3. The average Bonchev–Trinajstić information content (AvgIpc) is 2.41. The monoisotopic (exact) mass is 359 g/mol. The van der Waals surface area contributed by atoms with Crippen LogP contribution in [0.4, 0.5) is 4.79 Å². The molecule has 0 spiro atoms. The summed E-state index contributed by atoms with van der Waals surface area (Å²) in [6.45, 7) is 5.39. The van der Waals surface area contributed by atoms with Crippen molar-refractivity contribution in [2.45, 2.75) is 39.5 Å². The van der Waals surface area contributed by atoms with Crippen LogP contribution in [0.3, 0.4) is 0 Å². The van der Waals surface area contributed by atoms with Crippen molar-refractivity contribution in [1.82, 2.24) is 4.90 Å². The quantitative estimate of drug-likeness (QED) is 0.549. The Balaban J connectivity index is 2.91. The van der Waals surface area contributed by atoms with E-state index in [1.807, 2.05) is 24.3 Å². The Morgan fingerprint density at radius 2 is 1.83 bits per heavy atom. The summed E-state index contributed by atoms with van der Waals surface area (Å²) in [4.78, 5) is 13.5. The molecule has 0 heterocycles. The van der Waals surface area contributed by atoms with Crippen LogP contribution in [0.1, 0.15) is 31.9 Å². The fourth-order valence-electron chi connectivity index (χ4n) is 1.85. The molecule has 0 aliphatic heterocycles. The summed E-state index contributed by atoms with van der Waals surface area (Å²) in [5.41, 5.74) is 1.06. The van der Waals surface area contributed by atoms with Gasteiger partial charge in [0.1, 0.15) is 12.3 Å². The average molecular weight is 359 g/mol. The predicted molar refractivity (Wildman–Crippen MR) is 89.7 cm³/mol. The number of carbonyl (C=O) groups excluding carboxylic acids is 1. The van der Waals surface area contributed by atoms with E-state index in [4.69, 9.17) is 13.7 Å². The van der Waals surface area contributed by atoms with Gasteiger partial charge in [-0.15, -0.1) is 0 Å². The van der Waals surface area contributed by atoms with Gasteiger partial charge >= 0.3 is 6.09 Å². The van der Waals surface area contributed by atoms with Crippen LogP contribution in [0.15, 0.2) is 24.3 Å². The Morgan fingerprint density at radius 3 is 2.38 bits per heavy atom. The summed E-state index contributed by atoms with van der Waals surface area (Å²) in [5.74, 6) is 0. The highest BCUT2D eigenvalue weighted by molar-refractivity contribution is 7.85. The number of nitrogens with zero attached hydrogens (tertiary/aromatic N) is 1. The number of hydrogen-bond donors (Lipinski definition) is 0. The van der Waals surface area contributed by atoms with Gasteiger partial charge in [0, 0.05) is 7.11 Å². The number of amides is 1. The van der Waals surface area contributed by atoms with Gasteiger partial charge in [-0.05, 0) is 31.9 Å². The summed E-state index contributed by atoms with van der Waals surface area (Å²) in [5, 5.41) is 0. The molecule has 0 bridgehead atoms. The largest absolute Gasteiger partial charge is 0.444 e. The first kappa shape index (κ1) is 20.4. The van der Waals surface area contributed by atoms with Gasteiger partial charge in [-0.25, -0.2) is 8.98 Å². The number of benzene rings is 1. The fraction of sp³-hybridized carbons (Fsp3) is 0.562. The van der Waals surface area contributed by atoms with Gasteiger partial charge in [0.25, 0.3) is 10.1 Å². The Labute approximate surface area is 143 Å². The number of methoxy groups -OCH3 is 1.